The summed E-state index contributed by atoms with van der Waals surface area (Å²) in [5.74, 6) is 3.30. The van der Waals surface area contributed by atoms with Crippen LogP contribution in [0.5, 0.6) is 0 Å². The lowest BCUT2D eigenvalue weighted by atomic mass is 9.91. The third-order valence-corrected chi connectivity index (χ3v) is 4.78. The number of anilines is 2. The van der Waals surface area contributed by atoms with Crippen molar-refractivity contribution in [2.24, 2.45) is 11.8 Å². The van der Waals surface area contributed by atoms with Gasteiger partial charge in [-0.2, -0.15) is 11.8 Å². The Morgan fingerprint density at radius 1 is 1.38 bits per heavy atom. The molecule has 24 heavy (non-hydrogen) atoms. The summed E-state index contributed by atoms with van der Waals surface area (Å²) in [6.07, 6.45) is 5.39. The van der Waals surface area contributed by atoms with Gasteiger partial charge in [0.25, 0.3) is 0 Å². The smallest absolute Gasteiger partial charge is 0.230 e. The fourth-order valence-electron chi connectivity index (χ4n) is 3.07. The predicted octanol–water partition coefficient (Wildman–Crippen LogP) is 1.90. The van der Waals surface area contributed by atoms with Crippen LogP contribution in [0.1, 0.15) is 13.8 Å². The maximum absolute atomic E-state index is 12.0. The Morgan fingerprint density at radius 3 is 2.62 bits per heavy atom. The Balaban J connectivity index is 0.00000288. The molecule has 6 nitrogen and oxygen atoms in total. The zero-order valence-corrected chi connectivity index (χ0v) is 16.7. The molecule has 1 aromatic rings. The largest absolute Gasteiger partial charge is 0.360 e. The molecular weight excluding hydrogens is 346 g/mol. The highest BCUT2D eigenvalue weighted by molar-refractivity contribution is 7.99. The molecule has 1 aliphatic rings. The number of rotatable bonds is 6. The third-order valence-electron chi connectivity index (χ3n) is 4.23. The van der Waals surface area contributed by atoms with Gasteiger partial charge < -0.3 is 15.1 Å². The van der Waals surface area contributed by atoms with Crippen LogP contribution in [0.15, 0.2) is 12.4 Å². The second-order valence-electron chi connectivity index (χ2n) is 6.52. The predicted molar refractivity (Wildman–Crippen MR) is 104 cm³/mol. The molecule has 8 heteroatoms. The van der Waals surface area contributed by atoms with E-state index in [4.69, 9.17) is 0 Å². The van der Waals surface area contributed by atoms with Gasteiger partial charge in [0.15, 0.2) is 11.6 Å². The zero-order valence-electron chi connectivity index (χ0n) is 15.0. The minimum absolute atomic E-state index is 0. The monoisotopic (exact) mass is 373 g/mol. The van der Waals surface area contributed by atoms with Crippen LogP contribution in [0.3, 0.4) is 0 Å². The van der Waals surface area contributed by atoms with Gasteiger partial charge in [-0.1, -0.05) is 13.8 Å². The molecular formula is C16H28ClN5OS. The van der Waals surface area contributed by atoms with Gasteiger partial charge in [-0.05, 0) is 12.2 Å². The van der Waals surface area contributed by atoms with E-state index in [-0.39, 0.29) is 24.4 Å². The van der Waals surface area contributed by atoms with Crippen LogP contribution in [0.25, 0.3) is 0 Å². The molecule has 0 aliphatic carbocycles. The normalized spacial score (nSPS) is 20.0. The van der Waals surface area contributed by atoms with Gasteiger partial charge in [0, 0.05) is 45.5 Å². The minimum atomic E-state index is 0. The van der Waals surface area contributed by atoms with Crippen molar-refractivity contribution < 1.29 is 4.79 Å². The van der Waals surface area contributed by atoms with Crippen molar-refractivity contribution in [3.8, 4) is 0 Å². The highest BCUT2D eigenvalue weighted by Crippen LogP contribution is 2.31. The molecule has 0 unspecified atom stereocenters. The van der Waals surface area contributed by atoms with E-state index in [0.29, 0.717) is 17.6 Å². The summed E-state index contributed by atoms with van der Waals surface area (Å²) >= 11 is 1.55. The number of aromatic nitrogens is 2. The number of nitrogens with one attached hydrogen (secondary N) is 1. The number of halogens is 1. The number of nitrogens with zero attached hydrogens (tertiary/aromatic N) is 4. The molecule has 2 rings (SSSR count). The van der Waals surface area contributed by atoms with Crippen LogP contribution < -0.4 is 15.1 Å². The van der Waals surface area contributed by atoms with Gasteiger partial charge in [0.2, 0.25) is 5.91 Å². The van der Waals surface area contributed by atoms with Gasteiger partial charge in [0.05, 0.1) is 11.8 Å². The van der Waals surface area contributed by atoms with Crippen LogP contribution in [-0.2, 0) is 4.79 Å². The van der Waals surface area contributed by atoms with Crippen LogP contribution in [0.2, 0.25) is 0 Å². The molecule has 136 valence electrons. The molecule has 1 aromatic heterocycles. The molecule has 1 fully saturated rings. The second-order valence-corrected chi connectivity index (χ2v) is 7.38. The summed E-state index contributed by atoms with van der Waals surface area (Å²) in [5, 5.41) is 3.20. The first-order chi connectivity index (χ1) is 10.9. The number of hydrogen-bond acceptors (Lipinski definition) is 6. The number of hydrogen-bond donors (Lipinski definition) is 1. The maximum Gasteiger partial charge on any atom is 0.230 e. The van der Waals surface area contributed by atoms with Crippen LogP contribution in [0.4, 0.5) is 11.6 Å². The van der Waals surface area contributed by atoms with E-state index < -0.39 is 0 Å². The van der Waals surface area contributed by atoms with Crippen LogP contribution >= 0.6 is 24.2 Å². The summed E-state index contributed by atoms with van der Waals surface area (Å²) < 4.78 is 0. The third kappa shape index (κ3) is 4.89. The van der Waals surface area contributed by atoms with Gasteiger partial charge in [-0.3, -0.25) is 4.79 Å². The Morgan fingerprint density at radius 2 is 2.04 bits per heavy atom. The Labute approximate surface area is 155 Å². The van der Waals surface area contributed by atoms with Crippen molar-refractivity contribution in [3.63, 3.8) is 0 Å². The van der Waals surface area contributed by atoms with E-state index in [1.807, 2.05) is 25.3 Å². The van der Waals surface area contributed by atoms with Crippen molar-refractivity contribution in [3.05, 3.63) is 12.4 Å². The van der Waals surface area contributed by atoms with E-state index in [0.717, 1.165) is 24.7 Å². The second kappa shape index (κ2) is 9.32. The fraction of sp³-hybridized carbons (Fsp3) is 0.688. The van der Waals surface area contributed by atoms with E-state index in [1.165, 1.54) is 0 Å². The number of thioether (sulfide) groups is 1. The van der Waals surface area contributed by atoms with E-state index in [9.17, 15) is 4.79 Å². The van der Waals surface area contributed by atoms with Crippen molar-refractivity contribution in [1.82, 2.24) is 15.3 Å². The molecule has 0 saturated carbocycles. The summed E-state index contributed by atoms with van der Waals surface area (Å²) in [5.41, 5.74) is 0. The standard InChI is InChI=1S/C16H27N5OS.ClH/c1-11(2)12-8-21(9-13(12)19-14(22)10-23-5)16-15(20(3)4)17-6-7-18-16;/h6-7,11-13H,8-10H2,1-5H3,(H,19,22);1H/t12-,13+;/m1./s1. The Kier molecular flexibility index (Phi) is 8.09. The molecule has 0 bridgehead atoms. The molecule has 1 N–H and O–H groups in total. The van der Waals surface area contributed by atoms with Crippen LogP contribution in [-0.4, -0.2) is 61.1 Å². The van der Waals surface area contributed by atoms with Gasteiger partial charge in [-0.15, -0.1) is 12.4 Å². The Bertz CT molecular complexity index is 543. The van der Waals surface area contributed by atoms with Crippen molar-refractivity contribution >= 4 is 41.7 Å². The molecule has 2 atom stereocenters. The first-order valence-electron chi connectivity index (χ1n) is 7.95. The average Bonchev–Trinajstić information content (AvgIpc) is 2.91. The lowest BCUT2D eigenvalue weighted by Gasteiger charge is -2.23. The van der Waals surface area contributed by atoms with Crippen molar-refractivity contribution in [1.29, 1.82) is 0 Å². The van der Waals surface area contributed by atoms with Gasteiger partial charge in [-0.25, -0.2) is 9.97 Å². The fourth-order valence-corrected chi connectivity index (χ4v) is 3.42. The zero-order chi connectivity index (χ0) is 17.0. The molecule has 1 saturated heterocycles. The lowest BCUT2D eigenvalue weighted by Crippen LogP contribution is -2.42. The maximum atomic E-state index is 12.0. The van der Waals surface area contributed by atoms with Gasteiger partial charge >= 0.3 is 0 Å². The van der Waals surface area contributed by atoms with E-state index >= 15 is 0 Å². The molecule has 0 spiro atoms. The Hall–Kier alpha value is -1.21. The first kappa shape index (κ1) is 20.8. The lowest BCUT2D eigenvalue weighted by molar-refractivity contribution is -0.119. The highest BCUT2D eigenvalue weighted by atomic mass is 35.5. The SMILES string of the molecule is CSCC(=O)N[C@H]1CN(c2nccnc2N(C)C)C[C@@H]1C(C)C.Cl. The summed E-state index contributed by atoms with van der Waals surface area (Å²) in [6, 6.07) is 0.159. The minimum Gasteiger partial charge on any atom is -0.360 e. The molecule has 1 aliphatic heterocycles. The van der Waals surface area contributed by atoms with E-state index in [2.05, 4.69) is 34.0 Å². The van der Waals surface area contributed by atoms with Crippen LogP contribution in [0, 0.1) is 11.8 Å². The molecule has 0 radical (unpaired) electrons. The summed E-state index contributed by atoms with van der Waals surface area (Å²) in [7, 11) is 3.95. The van der Waals surface area contributed by atoms with Gasteiger partial charge in [0.1, 0.15) is 0 Å². The number of carbonyl (C=O) groups excluding carboxylic acids is 1. The topological polar surface area (TPSA) is 61.4 Å². The summed E-state index contributed by atoms with van der Waals surface area (Å²) in [6.45, 7) is 6.10. The van der Waals surface area contributed by atoms with Crippen molar-refractivity contribution in [2.45, 2.75) is 19.9 Å². The quantitative estimate of drug-likeness (QED) is 0.821. The average molecular weight is 374 g/mol. The highest BCUT2D eigenvalue weighted by Gasteiger charge is 2.37. The van der Waals surface area contributed by atoms with Crippen molar-refractivity contribution in [2.75, 3.05) is 49.0 Å². The molecule has 0 aromatic carbocycles. The van der Waals surface area contributed by atoms with E-state index in [1.54, 1.807) is 24.2 Å². The summed E-state index contributed by atoms with van der Waals surface area (Å²) in [4.78, 5) is 25.2. The molecule has 1 amide bonds. The first-order valence-corrected chi connectivity index (χ1v) is 9.35. The molecule has 2 heterocycles. The number of amides is 1. The number of carbonyl (C=O) groups is 1.